The lowest BCUT2D eigenvalue weighted by molar-refractivity contribution is -0.302. The molecule has 302 valence electrons. The van der Waals surface area contributed by atoms with Crippen molar-refractivity contribution < 1.29 is 39.8 Å². The number of nitrogens with one attached hydrogen (secondary N) is 1. The molecule has 1 aliphatic rings. The number of amides is 1. The predicted octanol–water partition coefficient (Wildman–Crippen LogP) is 8.17. The molecule has 1 aliphatic heterocycles. The van der Waals surface area contributed by atoms with Crippen LogP contribution in [-0.4, -0.2) is 87.5 Å². The van der Waals surface area contributed by atoms with Crippen LogP contribution in [0.15, 0.2) is 12.2 Å². The van der Waals surface area contributed by atoms with Crippen LogP contribution < -0.4 is 5.32 Å². The lowest BCUT2D eigenvalue weighted by atomic mass is 9.99. The Morgan fingerprint density at radius 3 is 1.53 bits per heavy atom. The molecule has 0 radical (unpaired) electrons. The second kappa shape index (κ2) is 33.5. The van der Waals surface area contributed by atoms with Crippen molar-refractivity contribution in [2.24, 2.45) is 0 Å². The molecule has 1 fully saturated rings. The highest BCUT2D eigenvalue weighted by atomic mass is 16.7. The Hall–Kier alpha value is -1.07. The molecule has 0 aliphatic carbocycles. The molecular weight excluding hydrogens is 646 g/mol. The molecule has 0 saturated carbocycles. The van der Waals surface area contributed by atoms with E-state index in [1.807, 2.05) is 6.08 Å². The average molecular weight is 728 g/mol. The van der Waals surface area contributed by atoms with Gasteiger partial charge in [0, 0.05) is 6.42 Å². The van der Waals surface area contributed by atoms with Gasteiger partial charge in [0.15, 0.2) is 6.29 Å². The average Bonchev–Trinajstić information content (AvgIpc) is 3.13. The number of carbonyl (C=O) groups excluding carboxylic acids is 1. The van der Waals surface area contributed by atoms with Crippen LogP contribution in [0, 0.1) is 0 Å². The van der Waals surface area contributed by atoms with Gasteiger partial charge >= 0.3 is 0 Å². The zero-order valence-corrected chi connectivity index (χ0v) is 32.9. The highest BCUT2D eigenvalue weighted by Gasteiger charge is 2.44. The van der Waals surface area contributed by atoms with Crippen molar-refractivity contribution >= 4 is 5.91 Å². The molecule has 0 aromatic rings. The summed E-state index contributed by atoms with van der Waals surface area (Å²) in [7, 11) is 0. The van der Waals surface area contributed by atoms with Gasteiger partial charge in [-0.2, -0.15) is 0 Å². The van der Waals surface area contributed by atoms with Gasteiger partial charge in [-0.3, -0.25) is 4.79 Å². The summed E-state index contributed by atoms with van der Waals surface area (Å²) in [6.07, 6.45) is 29.6. The van der Waals surface area contributed by atoms with E-state index in [0.717, 1.165) is 38.5 Å². The van der Waals surface area contributed by atoms with E-state index in [2.05, 4.69) is 19.2 Å². The van der Waals surface area contributed by atoms with Gasteiger partial charge in [0.05, 0.1) is 25.4 Å². The second-order valence-corrected chi connectivity index (χ2v) is 15.1. The van der Waals surface area contributed by atoms with E-state index in [9.17, 15) is 30.3 Å². The number of carbonyl (C=O) groups is 1. The van der Waals surface area contributed by atoms with Gasteiger partial charge in [0.2, 0.25) is 5.91 Å². The van der Waals surface area contributed by atoms with E-state index in [-0.39, 0.29) is 12.5 Å². The summed E-state index contributed by atoms with van der Waals surface area (Å²) >= 11 is 0. The van der Waals surface area contributed by atoms with Crippen LogP contribution in [0.3, 0.4) is 0 Å². The van der Waals surface area contributed by atoms with Crippen molar-refractivity contribution in [1.29, 1.82) is 0 Å². The molecule has 7 atom stereocenters. The van der Waals surface area contributed by atoms with Gasteiger partial charge in [-0.05, 0) is 19.3 Å². The fourth-order valence-corrected chi connectivity index (χ4v) is 6.86. The van der Waals surface area contributed by atoms with Gasteiger partial charge < -0.3 is 40.3 Å². The molecule has 1 rings (SSSR count). The van der Waals surface area contributed by atoms with Crippen LogP contribution in [0.2, 0.25) is 0 Å². The molecule has 0 aromatic carbocycles. The zero-order chi connectivity index (χ0) is 37.4. The highest BCUT2D eigenvalue weighted by molar-refractivity contribution is 5.76. The molecule has 0 bridgehead atoms. The summed E-state index contributed by atoms with van der Waals surface area (Å²) in [5, 5.41) is 54.0. The molecular formula is C42H81NO8. The normalized spacial score (nSPS) is 22.1. The van der Waals surface area contributed by atoms with E-state index in [1.54, 1.807) is 6.08 Å². The standard InChI is InChI=1S/C42H81NO8/c1-3-5-7-9-11-13-15-17-18-20-22-24-26-28-30-32-38(46)43-35(34-50-42-41(49)40(48)39(47)37(33-44)51-42)36(45)31-29-27-25-23-21-19-16-14-12-10-8-6-4-2/h29,31,35-37,39-42,44-45,47-49H,3-28,30,32-34H2,1-2H3,(H,43,46)/b31-29+/t35-,36+,37?,39+,40?,41?,42-/m0/s1. The van der Waals surface area contributed by atoms with Crippen LogP contribution in [0.25, 0.3) is 0 Å². The van der Waals surface area contributed by atoms with Crippen molar-refractivity contribution in [2.45, 2.75) is 236 Å². The fraction of sp³-hybridized carbons (Fsp3) is 0.929. The van der Waals surface area contributed by atoms with E-state index >= 15 is 0 Å². The van der Waals surface area contributed by atoms with Crippen LogP contribution in [-0.2, 0) is 14.3 Å². The van der Waals surface area contributed by atoms with E-state index in [4.69, 9.17) is 9.47 Å². The summed E-state index contributed by atoms with van der Waals surface area (Å²) in [5.41, 5.74) is 0. The molecule has 9 nitrogen and oxygen atoms in total. The molecule has 9 heteroatoms. The first-order valence-corrected chi connectivity index (χ1v) is 21.4. The Bertz CT molecular complexity index is 812. The van der Waals surface area contributed by atoms with Gasteiger partial charge in [-0.25, -0.2) is 0 Å². The number of rotatable bonds is 35. The lowest BCUT2D eigenvalue weighted by Crippen LogP contribution is -2.60. The van der Waals surface area contributed by atoms with E-state index in [1.165, 1.54) is 135 Å². The maximum absolute atomic E-state index is 12.9. The Kier molecular flexibility index (Phi) is 31.5. The van der Waals surface area contributed by atoms with Crippen LogP contribution in [0.1, 0.15) is 194 Å². The van der Waals surface area contributed by atoms with Crippen molar-refractivity contribution in [1.82, 2.24) is 5.32 Å². The number of unbranched alkanes of at least 4 members (excludes halogenated alkanes) is 25. The Balaban J connectivity index is 2.39. The van der Waals surface area contributed by atoms with Gasteiger partial charge in [0.25, 0.3) is 0 Å². The van der Waals surface area contributed by atoms with Crippen LogP contribution in [0.5, 0.6) is 0 Å². The summed E-state index contributed by atoms with van der Waals surface area (Å²) in [6, 6.07) is -0.796. The first-order valence-electron chi connectivity index (χ1n) is 21.4. The van der Waals surface area contributed by atoms with Crippen molar-refractivity contribution in [3.63, 3.8) is 0 Å². The van der Waals surface area contributed by atoms with Crippen molar-refractivity contribution in [3.05, 3.63) is 12.2 Å². The predicted molar refractivity (Wildman–Crippen MR) is 207 cm³/mol. The van der Waals surface area contributed by atoms with E-state index in [0.29, 0.717) is 6.42 Å². The summed E-state index contributed by atoms with van der Waals surface area (Å²) in [6.45, 7) is 3.76. The van der Waals surface area contributed by atoms with Crippen LogP contribution >= 0.6 is 0 Å². The molecule has 51 heavy (non-hydrogen) atoms. The number of hydrogen-bond donors (Lipinski definition) is 6. The zero-order valence-electron chi connectivity index (χ0n) is 32.9. The minimum absolute atomic E-state index is 0.176. The van der Waals surface area contributed by atoms with Crippen LogP contribution in [0.4, 0.5) is 0 Å². The first kappa shape index (κ1) is 48.0. The molecule has 0 spiro atoms. The van der Waals surface area contributed by atoms with Crippen molar-refractivity contribution in [3.8, 4) is 0 Å². The smallest absolute Gasteiger partial charge is 0.220 e. The summed E-state index contributed by atoms with van der Waals surface area (Å²) in [5.74, 6) is -0.176. The minimum Gasteiger partial charge on any atom is -0.394 e. The van der Waals surface area contributed by atoms with Crippen molar-refractivity contribution in [2.75, 3.05) is 13.2 Å². The molecule has 1 saturated heterocycles. The fourth-order valence-electron chi connectivity index (χ4n) is 6.86. The van der Waals surface area contributed by atoms with Gasteiger partial charge in [-0.15, -0.1) is 0 Å². The maximum atomic E-state index is 12.9. The SMILES string of the molecule is CCCCCCCCCCCCC/C=C/[C@@H](O)[C@H](CO[C@H]1OC(CO)[C@@H](O)C(O)C1O)NC(=O)CCCCCCCCCCCCCCCCC. The van der Waals surface area contributed by atoms with Gasteiger partial charge in [0.1, 0.15) is 24.4 Å². The number of allylic oxidation sites excluding steroid dienone is 1. The third-order valence-electron chi connectivity index (χ3n) is 10.4. The largest absolute Gasteiger partial charge is 0.394 e. The summed E-state index contributed by atoms with van der Waals surface area (Å²) < 4.78 is 11.2. The molecule has 6 N–H and O–H groups in total. The number of aliphatic hydroxyl groups excluding tert-OH is 5. The maximum Gasteiger partial charge on any atom is 0.220 e. The topological polar surface area (TPSA) is 149 Å². The Labute approximate surface area is 312 Å². The summed E-state index contributed by atoms with van der Waals surface area (Å²) in [4.78, 5) is 12.9. The quantitative estimate of drug-likeness (QED) is 0.0283. The Morgan fingerprint density at radius 1 is 0.647 bits per heavy atom. The van der Waals surface area contributed by atoms with Gasteiger partial charge in [-0.1, -0.05) is 180 Å². The molecule has 1 heterocycles. The van der Waals surface area contributed by atoms with E-state index < -0.39 is 49.5 Å². The molecule has 3 unspecified atom stereocenters. The number of hydrogen-bond acceptors (Lipinski definition) is 8. The molecule has 0 aromatic heterocycles. The number of ether oxygens (including phenoxy) is 2. The third-order valence-corrected chi connectivity index (χ3v) is 10.4. The minimum atomic E-state index is -1.56. The second-order valence-electron chi connectivity index (χ2n) is 15.1. The monoisotopic (exact) mass is 728 g/mol. The first-order chi connectivity index (χ1) is 24.8. The number of aliphatic hydroxyl groups is 5. The Morgan fingerprint density at radius 2 is 1.08 bits per heavy atom. The molecule has 1 amide bonds. The highest BCUT2D eigenvalue weighted by Crippen LogP contribution is 2.22. The lowest BCUT2D eigenvalue weighted by Gasteiger charge is -2.40. The third kappa shape index (κ3) is 24.8.